The number of rotatable bonds is 18. The molecule has 5 atom stereocenters. The van der Waals surface area contributed by atoms with Crippen LogP contribution in [0.3, 0.4) is 0 Å². The number of phenolic OH excluding ortho intramolecular Hbond substituents is 20. The Labute approximate surface area is 558 Å². The maximum atomic E-state index is 14.5. The Morgan fingerprint density at radius 3 is 0.752 bits per heavy atom. The standard InChI is InChI=1S/C63H46O38/c1-92-53-52(99-60(89)24-11-36(73)49(81)40(15-24)95-57(86)20-4-29(66)45(77)30(67)5-20)43(18-93-55(84)23-10-35(72)48(80)39(14-23)94-56(85)19-2-27(64)44(76)28(65)3-19)98-63(101-62(91)26-13-38(75)51(83)42(17-26)97-59(88)22-8-33(70)47(79)34(71)9-22)54(53)100-61(90)25-12-37(74)50(82)41(16-25)96-58(87)21-6-31(68)46(78)32(69)7-21/h2-17,43,52-54,63-83H,18H2,1H3. The quantitative estimate of drug-likeness (QED) is 0.0251. The summed E-state index contributed by atoms with van der Waals surface area (Å²) in [6.07, 6.45) is -12.1. The molecule has 1 fully saturated rings. The summed E-state index contributed by atoms with van der Waals surface area (Å²) in [6, 6.07) is 8.74. The summed E-state index contributed by atoms with van der Waals surface area (Å²) < 4.78 is 54.7. The molecule has 0 radical (unpaired) electrons. The predicted molar refractivity (Wildman–Crippen MR) is 318 cm³/mol. The maximum Gasteiger partial charge on any atom is 0.343 e. The maximum absolute atomic E-state index is 14.5. The minimum atomic E-state index is -2.65. The monoisotopic (exact) mass is 1410 g/mol. The summed E-state index contributed by atoms with van der Waals surface area (Å²) in [4.78, 5) is 110. The fourth-order valence-electron chi connectivity index (χ4n) is 9.12. The zero-order valence-electron chi connectivity index (χ0n) is 50.1. The Hall–Kier alpha value is -14.6. The van der Waals surface area contributed by atoms with E-state index in [0.717, 1.165) is 7.11 Å². The topological polar surface area (TPSA) is 633 Å². The van der Waals surface area contributed by atoms with Crippen LogP contribution in [0.1, 0.15) is 82.9 Å². The lowest BCUT2D eigenvalue weighted by Crippen LogP contribution is -2.62. The third-order valence-corrected chi connectivity index (χ3v) is 14.1. The summed E-state index contributed by atoms with van der Waals surface area (Å²) in [6.45, 7) is -1.37. The van der Waals surface area contributed by atoms with Gasteiger partial charge in [-0.15, -0.1) is 0 Å². The van der Waals surface area contributed by atoms with Crippen LogP contribution in [0.4, 0.5) is 0 Å². The van der Waals surface area contributed by atoms with E-state index in [-0.39, 0.29) is 0 Å². The molecule has 38 nitrogen and oxygen atoms in total. The van der Waals surface area contributed by atoms with E-state index >= 15 is 0 Å². The van der Waals surface area contributed by atoms with Crippen LogP contribution in [0, 0.1) is 0 Å². The lowest BCUT2D eigenvalue weighted by atomic mass is 9.97. The first-order valence-corrected chi connectivity index (χ1v) is 27.6. The molecule has 0 spiro atoms. The van der Waals surface area contributed by atoms with Gasteiger partial charge in [0.1, 0.15) is 18.8 Å². The van der Waals surface area contributed by atoms with Gasteiger partial charge in [-0.3, -0.25) is 0 Å². The number of hydrogen-bond donors (Lipinski definition) is 20. The van der Waals surface area contributed by atoms with Crippen LogP contribution in [0.15, 0.2) is 97.1 Å². The summed E-state index contributed by atoms with van der Waals surface area (Å²) in [7, 11) is 0.778. The van der Waals surface area contributed by atoms with Gasteiger partial charge >= 0.3 is 47.8 Å². The second-order valence-corrected chi connectivity index (χ2v) is 20.9. The van der Waals surface area contributed by atoms with Gasteiger partial charge < -0.3 is 149 Å². The van der Waals surface area contributed by atoms with Crippen molar-refractivity contribution in [1.29, 1.82) is 0 Å². The molecular formula is C63H46O38. The van der Waals surface area contributed by atoms with E-state index in [0.29, 0.717) is 97.1 Å². The molecule has 0 saturated carbocycles. The highest BCUT2D eigenvalue weighted by Crippen LogP contribution is 2.46. The van der Waals surface area contributed by atoms with Gasteiger partial charge in [-0.25, -0.2) is 38.4 Å². The Bertz CT molecular complexity index is 4670. The van der Waals surface area contributed by atoms with Crippen molar-refractivity contribution in [2.75, 3.05) is 13.7 Å². The van der Waals surface area contributed by atoms with Crippen molar-refractivity contribution in [1.82, 2.24) is 0 Å². The van der Waals surface area contributed by atoms with E-state index < -0.39 is 268 Å². The molecule has 526 valence electrons. The highest BCUT2D eigenvalue weighted by molar-refractivity contribution is 5.99. The zero-order valence-corrected chi connectivity index (χ0v) is 50.1. The van der Waals surface area contributed by atoms with Crippen molar-refractivity contribution >= 4 is 47.8 Å². The van der Waals surface area contributed by atoms with Crippen LogP contribution in [0.2, 0.25) is 0 Å². The second-order valence-electron chi connectivity index (χ2n) is 20.9. The Balaban J connectivity index is 1.12. The van der Waals surface area contributed by atoms with Crippen LogP contribution in [0.25, 0.3) is 0 Å². The lowest BCUT2D eigenvalue weighted by Gasteiger charge is -2.43. The number of phenols is 20. The van der Waals surface area contributed by atoms with Gasteiger partial charge in [-0.05, 0) is 97.1 Å². The van der Waals surface area contributed by atoms with Gasteiger partial charge in [0.15, 0.2) is 127 Å². The highest BCUT2D eigenvalue weighted by atomic mass is 16.7. The molecule has 101 heavy (non-hydrogen) atoms. The van der Waals surface area contributed by atoms with E-state index in [1.165, 1.54) is 0 Å². The molecular weight excluding hydrogens is 1360 g/mol. The first-order valence-electron chi connectivity index (χ1n) is 27.6. The minimum absolute atomic E-state index is 0.464. The molecule has 8 aromatic carbocycles. The molecule has 9 rings (SSSR count). The number of hydrogen-bond acceptors (Lipinski definition) is 38. The minimum Gasteiger partial charge on any atom is -0.504 e. The summed E-state index contributed by atoms with van der Waals surface area (Å²) in [5.41, 5.74) is -6.51. The fourth-order valence-corrected chi connectivity index (χ4v) is 9.12. The third-order valence-electron chi connectivity index (χ3n) is 14.1. The van der Waals surface area contributed by atoms with Crippen molar-refractivity contribution in [2.24, 2.45) is 0 Å². The molecule has 5 unspecified atom stereocenters. The number of benzene rings is 8. The number of esters is 8. The molecule has 0 aliphatic carbocycles. The number of aromatic hydroxyl groups is 20. The molecule has 0 amide bonds. The Kier molecular flexibility index (Phi) is 19.6. The Morgan fingerprint density at radius 1 is 0.277 bits per heavy atom. The van der Waals surface area contributed by atoms with E-state index in [9.17, 15) is 140 Å². The average molecular weight is 1410 g/mol. The van der Waals surface area contributed by atoms with Crippen LogP contribution >= 0.6 is 0 Å². The van der Waals surface area contributed by atoms with Crippen molar-refractivity contribution in [3.8, 4) is 138 Å². The third kappa shape index (κ3) is 14.8. The highest BCUT2D eigenvalue weighted by Gasteiger charge is 2.53. The fraction of sp³-hybridized carbons (Fsp3) is 0.111. The predicted octanol–water partition coefficient (Wildman–Crippen LogP) is 3.88. The van der Waals surface area contributed by atoms with Crippen molar-refractivity contribution in [3.63, 3.8) is 0 Å². The smallest absolute Gasteiger partial charge is 0.343 e. The molecule has 20 N–H and O–H groups in total. The number of ether oxygens (including phenoxy) is 10. The Morgan fingerprint density at radius 2 is 0.495 bits per heavy atom. The molecule has 1 aliphatic heterocycles. The first kappa shape index (κ1) is 70.7. The lowest BCUT2D eigenvalue weighted by molar-refractivity contribution is -0.287. The van der Waals surface area contributed by atoms with Crippen LogP contribution < -0.4 is 18.9 Å². The summed E-state index contributed by atoms with van der Waals surface area (Å²) in [5.74, 6) is -40.1. The van der Waals surface area contributed by atoms with Gasteiger partial charge in [0, 0.05) is 7.11 Å². The van der Waals surface area contributed by atoms with Gasteiger partial charge in [0.05, 0.1) is 44.5 Å². The van der Waals surface area contributed by atoms with Crippen LogP contribution in [-0.2, 0) is 28.4 Å². The van der Waals surface area contributed by atoms with E-state index in [4.69, 9.17) is 47.4 Å². The molecule has 38 heteroatoms. The van der Waals surface area contributed by atoms with Crippen LogP contribution in [0.5, 0.6) is 138 Å². The molecule has 1 aliphatic rings. The first-order chi connectivity index (χ1) is 47.5. The second kappa shape index (κ2) is 28.0. The summed E-state index contributed by atoms with van der Waals surface area (Å²) >= 11 is 0. The van der Waals surface area contributed by atoms with Crippen molar-refractivity contribution in [2.45, 2.75) is 30.7 Å². The van der Waals surface area contributed by atoms with Gasteiger partial charge in [0.25, 0.3) is 0 Å². The molecule has 1 heterocycles. The van der Waals surface area contributed by atoms with Crippen LogP contribution in [-0.4, -0.2) is 194 Å². The van der Waals surface area contributed by atoms with Gasteiger partial charge in [-0.1, -0.05) is 0 Å². The normalized spacial score (nSPS) is 15.4. The van der Waals surface area contributed by atoms with E-state index in [2.05, 4.69) is 0 Å². The number of carbonyl (C=O) groups is 8. The van der Waals surface area contributed by atoms with E-state index in [1.54, 1.807) is 0 Å². The molecule has 0 aromatic heterocycles. The van der Waals surface area contributed by atoms with E-state index in [1.807, 2.05) is 0 Å². The number of methoxy groups -OCH3 is 1. The molecule has 8 aromatic rings. The van der Waals surface area contributed by atoms with Gasteiger partial charge in [-0.2, -0.15) is 0 Å². The van der Waals surface area contributed by atoms with Gasteiger partial charge in [0.2, 0.25) is 29.3 Å². The largest absolute Gasteiger partial charge is 0.504 e. The molecule has 1 saturated heterocycles. The molecule has 0 bridgehead atoms. The SMILES string of the molecule is COC1C(OC(=O)c2cc(O)c(O)c(OC(=O)c3cc(O)c(O)c(O)c3)c2)C(COC(=O)c2cc(O)c(O)c(OC(=O)c3cc(O)c(O)c(O)c3)c2)OC(OC(=O)c2cc(O)c(O)c(OC(=O)c3cc(O)c(O)c(O)c3)c2)C1OC(=O)c1cc(O)c(O)c(OC(=O)c2cc(O)c(O)c(O)c2)c1. The van der Waals surface area contributed by atoms with Crippen molar-refractivity contribution < 1.29 is 188 Å². The number of carbonyl (C=O) groups excluding carboxylic acids is 8. The van der Waals surface area contributed by atoms with Crippen molar-refractivity contribution in [3.05, 3.63) is 142 Å². The average Bonchev–Trinajstić information content (AvgIpc) is 0.776. The zero-order chi connectivity index (χ0) is 74.1. The summed E-state index contributed by atoms with van der Waals surface area (Å²) in [5, 5.41) is 205.